The second-order valence-electron chi connectivity index (χ2n) is 6.45. The largest absolute Gasteiger partial charge is 0.336 e. The van der Waals surface area contributed by atoms with Crippen LogP contribution >= 0.6 is 11.6 Å². The third-order valence-corrected chi connectivity index (χ3v) is 5.09. The van der Waals surface area contributed by atoms with E-state index in [0.29, 0.717) is 36.8 Å². The maximum absolute atomic E-state index is 13.7. The van der Waals surface area contributed by atoms with Crippen LogP contribution in [0.3, 0.4) is 0 Å². The van der Waals surface area contributed by atoms with Crippen molar-refractivity contribution in [1.29, 1.82) is 0 Å². The molecule has 0 aromatic heterocycles. The lowest BCUT2D eigenvalue weighted by Crippen LogP contribution is -2.54. The minimum atomic E-state index is -0.465. The van der Waals surface area contributed by atoms with Crippen molar-refractivity contribution in [3.63, 3.8) is 0 Å². The van der Waals surface area contributed by atoms with Crippen LogP contribution in [0, 0.1) is 5.82 Å². The van der Waals surface area contributed by atoms with Crippen molar-refractivity contribution >= 4 is 29.1 Å². The molecule has 27 heavy (non-hydrogen) atoms. The number of amides is 2. The maximum Gasteiger partial charge on any atom is 0.255 e. The fourth-order valence-corrected chi connectivity index (χ4v) is 3.30. The molecule has 2 aromatic carbocycles. The quantitative estimate of drug-likeness (QED) is 0.873. The SMILES string of the molecule is C[C@H](C(=O)Nc1ccccc1F)N1CCN(C(=O)c2ccccc2Cl)CC1. The Balaban J connectivity index is 1.57. The molecule has 7 heteroatoms. The number of carbonyl (C=O) groups excluding carboxylic acids is 2. The topological polar surface area (TPSA) is 52.7 Å². The first-order valence-electron chi connectivity index (χ1n) is 8.80. The first kappa shape index (κ1) is 19.3. The number of hydrogen-bond acceptors (Lipinski definition) is 3. The maximum atomic E-state index is 13.7. The molecule has 2 aromatic rings. The zero-order valence-corrected chi connectivity index (χ0v) is 15.7. The Labute approximate surface area is 162 Å². The second kappa shape index (κ2) is 8.50. The third kappa shape index (κ3) is 4.46. The summed E-state index contributed by atoms with van der Waals surface area (Å²) in [7, 11) is 0. The van der Waals surface area contributed by atoms with E-state index < -0.39 is 11.9 Å². The zero-order valence-electron chi connectivity index (χ0n) is 15.0. The van der Waals surface area contributed by atoms with Crippen LogP contribution < -0.4 is 5.32 Å². The van der Waals surface area contributed by atoms with Gasteiger partial charge in [-0.05, 0) is 31.2 Å². The van der Waals surface area contributed by atoms with E-state index in [-0.39, 0.29) is 17.5 Å². The van der Waals surface area contributed by atoms with Gasteiger partial charge in [-0.1, -0.05) is 35.9 Å². The van der Waals surface area contributed by atoms with Gasteiger partial charge in [0.15, 0.2) is 0 Å². The molecular weight excluding hydrogens is 369 g/mol. The van der Waals surface area contributed by atoms with Crippen molar-refractivity contribution in [2.75, 3.05) is 31.5 Å². The lowest BCUT2D eigenvalue weighted by Gasteiger charge is -2.37. The highest BCUT2D eigenvalue weighted by Gasteiger charge is 2.28. The van der Waals surface area contributed by atoms with Crippen molar-refractivity contribution in [3.8, 4) is 0 Å². The second-order valence-corrected chi connectivity index (χ2v) is 6.86. The van der Waals surface area contributed by atoms with Crippen molar-refractivity contribution < 1.29 is 14.0 Å². The van der Waals surface area contributed by atoms with Gasteiger partial charge in [-0.25, -0.2) is 4.39 Å². The van der Waals surface area contributed by atoms with Crippen LogP contribution in [-0.2, 0) is 4.79 Å². The van der Waals surface area contributed by atoms with Gasteiger partial charge in [-0.2, -0.15) is 0 Å². The number of anilines is 1. The highest BCUT2D eigenvalue weighted by atomic mass is 35.5. The molecule has 0 saturated carbocycles. The van der Waals surface area contributed by atoms with E-state index in [1.807, 2.05) is 4.90 Å². The third-order valence-electron chi connectivity index (χ3n) is 4.76. The molecule has 1 atom stereocenters. The van der Waals surface area contributed by atoms with E-state index in [1.165, 1.54) is 12.1 Å². The lowest BCUT2D eigenvalue weighted by atomic mass is 10.1. The van der Waals surface area contributed by atoms with Gasteiger partial charge < -0.3 is 10.2 Å². The van der Waals surface area contributed by atoms with E-state index in [4.69, 9.17) is 11.6 Å². The number of halogens is 2. The smallest absolute Gasteiger partial charge is 0.255 e. The summed E-state index contributed by atoms with van der Waals surface area (Å²) >= 11 is 6.11. The van der Waals surface area contributed by atoms with Crippen LogP contribution in [0.5, 0.6) is 0 Å². The monoisotopic (exact) mass is 389 g/mol. The summed E-state index contributed by atoms with van der Waals surface area (Å²) in [5.74, 6) is -0.845. The summed E-state index contributed by atoms with van der Waals surface area (Å²) in [4.78, 5) is 28.8. The summed E-state index contributed by atoms with van der Waals surface area (Å²) in [6.07, 6.45) is 0. The summed E-state index contributed by atoms with van der Waals surface area (Å²) in [5, 5.41) is 3.05. The number of hydrogen-bond donors (Lipinski definition) is 1. The van der Waals surface area contributed by atoms with Crippen LogP contribution in [0.4, 0.5) is 10.1 Å². The Morgan fingerprint density at radius 3 is 2.33 bits per heavy atom. The Hall–Kier alpha value is -2.44. The van der Waals surface area contributed by atoms with Crippen LogP contribution in [-0.4, -0.2) is 53.8 Å². The number of benzene rings is 2. The Morgan fingerprint density at radius 2 is 1.67 bits per heavy atom. The molecule has 1 N–H and O–H groups in total. The average molecular weight is 390 g/mol. The number of carbonyl (C=O) groups is 2. The van der Waals surface area contributed by atoms with E-state index >= 15 is 0 Å². The first-order chi connectivity index (χ1) is 13.0. The van der Waals surface area contributed by atoms with Gasteiger partial charge in [0, 0.05) is 26.2 Å². The molecule has 0 radical (unpaired) electrons. The Morgan fingerprint density at radius 1 is 1.04 bits per heavy atom. The van der Waals surface area contributed by atoms with Crippen LogP contribution in [0.15, 0.2) is 48.5 Å². The molecule has 5 nitrogen and oxygen atoms in total. The van der Waals surface area contributed by atoms with Crippen molar-refractivity contribution in [1.82, 2.24) is 9.80 Å². The number of para-hydroxylation sites is 1. The van der Waals surface area contributed by atoms with Gasteiger partial charge in [-0.3, -0.25) is 14.5 Å². The number of piperazine rings is 1. The summed E-state index contributed by atoms with van der Waals surface area (Å²) in [6, 6.07) is 12.6. The predicted molar refractivity (Wildman–Crippen MR) is 103 cm³/mol. The van der Waals surface area contributed by atoms with E-state index in [9.17, 15) is 14.0 Å². The molecule has 1 fully saturated rings. The van der Waals surface area contributed by atoms with Gasteiger partial charge in [0.25, 0.3) is 5.91 Å². The molecule has 0 bridgehead atoms. The minimum absolute atomic E-state index is 0.108. The summed E-state index contributed by atoms with van der Waals surface area (Å²) in [5.41, 5.74) is 0.653. The Bertz CT molecular complexity index is 837. The molecule has 0 spiro atoms. The molecule has 1 heterocycles. The molecule has 0 aliphatic carbocycles. The molecular formula is C20H21ClFN3O2. The number of nitrogens with one attached hydrogen (secondary N) is 1. The molecule has 1 aliphatic rings. The zero-order chi connectivity index (χ0) is 19.4. The predicted octanol–water partition coefficient (Wildman–Crippen LogP) is 3.26. The van der Waals surface area contributed by atoms with Gasteiger partial charge >= 0.3 is 0 Å². The van der Waals surface area contributed by atoms with Gasteiger partial charge in [0.2, 0.25) is 5.91 Å². The standard InChI is InChI=1S/C20H21ClFN3O2/c1-14(19(26)23-18-9-5-4-8-17(18)22)24-10-12-25(13-11-24)20(27)15-6-2-3-7-16(15)21/h2-9,14H,10-13H2,1H3,(H,23,26)/t14-/m1/s1. The van der Waals surface area contributed by atoms with Gasteiger partial charge in [0.05, 0.1) is 22.3 Å². The highest BCUT2D eigenvalue weighted by Crippen LogP contribution is 2.19. The van der Waals surface area contributed by atoms with Crippen LogP contribution in [0.1, 0.15) is 17.3 Å². The van der Waals surface area contributed by atoms with Crippen molar-refractivity contribution in [2.24, 2.45) is 0 Å². The van der Waals surface area contributed by atoms with Gasteiger partial charge in [-0.15, -0.1) is 0 Å². The van der Waals surface area contributed by atoms with E-state index in [2.05, 4.69) is 5.32 Å². The number of nitrogens with zero attached hydrogens (tertiary/aromatic N) is 2. The van der Waals surface area contributed by atoms with E-state index in [1.54, 1.807) is 48.2 Å². The molecule has 1 aliphatic heterocycles. The fourth-order valence-electron chi connectivity index (χ4n) is 3.08. The highest BCUT2D eigenvalue weighted by molar-refractivity contribution is 6.33. The average Bonchev–Trinajstić information content (AvgIpc) is 2.69. The summed E-state index contributed by atoms with van der Waals surface area (Å²) < 4.78 is 13.7. The molecule has 3 rings (SSSR count). The van der Waals surface area contributed by atoms with Crippen molar-refractivity contribution in [3.05, 3.63) is 64.9 Å². The minimum Gasteiger partial charge on any atom is -0.336 e. The van der Waals surface area contributed by atoms with E-state index in [0.717, 1.165) is 0 Å². The molecule has 142 valence electrons. The van der Waals surface area contributed by atoms with Crippen molar-refractivity contribution in [2.45, 2.75) is 13.0 Å². The number of rotatable bonds is 4. The van der Waals surface area contributed by atoms with Crippen LogP contribution in [0.25, 0.3) is 0 Å². The molecule has 0 unspecified atom stereocenters. The van der Waals surface area contributed by atoms with Crippen LogP contribution in [0.2, 0.25) is 5.02 Å². The first-order valence-corrected chi connectivity index (χ1v) is 9.18. The van der Waals surface area contributed by atoms with Gasteiger partial charge in [0.1, 0.15) is 5.82 Å². The molecule has 1 saturated heterocycles. The summed E-state index contributed by atoms with van der Waals surface area (Å²) in [6.45, 7) is 3.90. The fraction of sp³-hybridized carbons (Fsp3) is 0.300. The lowest BCUT2D eigenvalue weighted by molar-refractivity contribution is -0.121. The Kier molecular flexibility index (Phi) is 6.08. The normalized spacial score (nSPS) is 16.0. The molecule has 2 amide bonds.